The molecule has 2 rings (SSSR count). The van der Waals surface area contributed by atoms with E-state index in [2.05, 4.69) is 80.4 Å². The summed E-state index contributed by atoms with van der Waals surface area (Å²) in [5, 5.41) is 2.47. The first-order valence-corrected chi connectivity index (χ1v) is 13.8. The molecule has 0 heterocycles. The SMILES string of the molecule is Brc1ccccc1C[Se][Se]Cc1ccccc1Br. The van der Waals surface area contributed by atoms with Crippen LogP contribution in [0.25, 0.3) is 0 Å². The number of hydrogen-bond acceptors (Lipinski definition) is 0. The molecule has 0 aliphatic carbocycles. The van der Waals surface area contributed by atoms with E-state index in [0.717, 1.165) is 26.3 Å². The molecule has 0 spiro atoms. The Kier molecular flexibility index (Phi) is 6.51. The topological polar surface area (TPSA) is 0 Å². The summed E-state index contributed by atoms with van der Waals surface area (Å²) in [4.78, 5) is 0. The average molecular weight is 498 g/mol. The van der Waals surface area contributed by atoms with Gasteiger partial charge in [0.15, 0.2) is 0 Å². The van der Waals surface area contributed by atoms with Gasteiger partial charge in [-0.2, -0.15) is 0 Å². The minimum atomic E-state index is 0.728. The van der Waals surface area contributed by atoms with Crippen LogP contribution in [0.3, 0.4) is 0 Å². The van der Waals surface area contributed by atoms with Gasteiger partial charge in [-0.3, -0.25) is 0 Å². The fraction of sp³-hybridized carbons (Fsp3) is 0.143. The Morgan fingerprint density at radius 3 is 1.44 bits per heavy atom. The van der Waals surface area contributed by atoms with E-state index in [4.69, 9.17) is 0 Å². The fourth-order valence-corrected chi connectivity index (χ4v) is 9.65. The summed E-state index contributed by atoms with van der Waals surface area (Å²) in [6, 6.07) is 17.1. The van der Waals surface area contributed by atoms with Crippen molar-refractivity contribution in [3.05, 3.63) is 68.6 Å². The van der Waals surface area contributed by atoms with Gasteiger partial charge in [-0.25, -0.2) is 0 Å². The van der Waals surface area contributed by atoms with E-state index >= 15 is 0 Å². The zero-order valence-electron chi connectivity index (χ0n) is 9.61. The molecule has 0 fully saturated rings. The van der Waals surface area contributed by atoms with Gasteiger partial charge in [0.1, 0.15) is 0 Å². The summed E-state index contributed by atoms with van der Waals surface area (Å²) < 4.78 is 2.51. The predicted octanol–water partition coefficient (Wildman–Crippen LogP) is 4.24. The van der Waals surface area contributed by atoms with Gasteiger partial charge >= 0.3 is 137 Å². The molecule has 0 saturated heterocycles. The van der Waals surface area contributed by atoms with Gasteiger partial charge in [0.05, 0.1) is 0 Å². The fourth-order valence-electron chi connectivity index (χ4n) is 1.44. The molecule has 0 aliphatic rings. The van der Waals surface area contributed by atoms with E-state index in [0.29, 0.717) is 0 Å². The Hall–Kier alpha value is 0.439. The van der Waals surface area contributed by atoms with Gasteiger partial charge in [0.25, 0.3) is 0 Å². The van der Waals surface area contributed by atoms with Crippen LogP contribution in [0.5, 0.6) is 0 Å². The monoisotopic (exact) mass is 498 g/mol. The molecule has 0 N–H and O–H groups in total. The molecule has 18 heavy (non-hydrogen) atoms. The van der Waals surface area contributed by atoms with Crippen LogP contribution in [0.15, 0.2) is 57.5 Å². The Bertz CT molecular complexity index is 467. The summed E-state index contributed by atoms with van der Waals surface area (Å²) in [7, 11) is 0. The van der Waals surface area contributed by atoms with Crippen LogP contribution in [-0.4, -0.2) is 26.3 Å². The molecule has 0 atom stereocenters. The molecular formula is C14H12Br2Se2. The molecule has 0 unspecified atom stereocenters. The summed E-state index contributed by atoms with van der Waals surface area (Å²) in [6.45, 7) is 0. The maximum atomic E-state index is 3.61. The van der Waals surface area contributed by atoms with E-state index in [1.54, 1.807) is 0 Å². The molecule has 2 aromatic rings. The average Bonchev–Trinajstić information content (AvgIpc) is 2.38. The quantitative estimate of drug-likeness (QED) is 0.428. The third-order valence-electron chi connectivity index (χ3n) is 2.43. The second-order valence-corrected chi connectivity index (χ2v) is 12.8. The van der Waals surface area contributed by atoms with Gasteiger partial charge < -0.3 is 0 Å². The van der Waals surface area contributed by atoms with Crippen LogP contribution in [0.2, 0.25) is 0 Å². The molecule has 2 aromatic carbocycles. The molecule has 0 nitrogen and oxygen atoms in total. The van der Waals surface area contributed by atoms with Crippen LogP contribution in [-0.2, 0) is 10.6 Å². The summed E-state index contributed by atoms with van der Waals surface area (Å²) in [5.41, 5.74) is 2.90. The van der Waals surface area contributed by atoms with Crippen LogP contribution in [0, 0.1) is 0 Å². The van der Waals surface area contributed by atoms with Gasteiger partial charge in [-0.05, 0) is 0 Å². The zero-order chi connectivity index (χ0) is 12.8. The molecule has 4 heteroatoms. The van der Waals surface area contributed by atoms with Gasteiger partial charge in [0.2, 0.25) is 0 Å². The normalized spacial score (nSPS) is 10.6. The summed E-state index contributed by atoms with van der Waals surface area (Å²) >= 11 is 8.69. The molecule has 94 valence electrons. The third kappa shape index (κ3) is 4.52. The Morgan fingerprint density at radius 2 is 1.06 bits per heavy atom. The van der Waals surface area contributed by atoms with Crippen LogP contribution in [0.4, 0.5) is 0 Å². The summed E-state index contributed by atoms with van der Waals surface area (Å²) in [6.07, 6.45) is 0. The summed E-state index contributed by atoms with van der Waals surface area (Å²) in [5.74, 6) is 0. The van der Waals surface area contributed by atoms with Crippen molar-refractivity contribution in [2.45, 2.75) is 10.6 Å². The standard InChI is InChI=1S/C14H12Br2Se2/c15-13-7-3-1-5-11(13)9-17-18-10-12-6-2-4-8-14(12)16/h1-8H,9-10H2. The van der Waals surface area contributed by atoms with E-state index in [1.165, 1.54) is 30.7 Å². The van der Waals surface area contributed by atoms with Crippen molar-refractivity contribution in [2.75, 3.05) is 0 Å². The Morgan fingerprint density at radius 1 is 0.667 bits per heavy atom. The van der Waals surface area contributed by atoms with E-state index < -0.39 is 0 Å². The van der Waals surface area contributed by atoms with Crippen LogP contribution in [0.1, 0.15) is 11.1 Å². The maximum absolute atomic E-state index is 3.61. The van der Waals surface area contributed by atoms with E-state index in [-0.39, 0.29) is 0 Å². The van der Waals surface area contributed by atoms with Crippen molar-refractivity contribution >= 4 is 58.1 Å². The van der Waals surface area contributed by atoms with Gasteiger partial charge in [0, 0.05) is 0 Å². The first kappa shape index (κ1) is 14.8. The van der Waals surface area contributed by atoms with E-state index in [9.17, 15) is 0 Å². The van der Waals surface area contributed by atoms with Crippen molar-refractivity contribution < 1.29 is 0 Å². The van der Waals surface area contributed by atoms with Crippen molar-refractivity contribution in [3.63, 3.8) is 0 Å². The minimum absolute atomic E-state index is 0.728. The van der Waals surface area contributed by atoms with Crippen molar-refractivity contribution in [1.29, 1.82) is 0 Å². The first-order chi connectivity index (χ1) is 8.77. The van der Waals surface area contributed by atoms with Gasteiger partial charge in [-0.15, -0.1) is 0 Å². The zero-order valence-corrected chi connectivity index (χ0v) is 16.2. The van der Waals surface area contributed by atoms with Gasteiger partial charge in [-0.1, -0.05) is 0 Å². The Labute approximate surface area is 136 Å². The van der Waals surface area contributed by atoms with E-state index in [1.807, 2.05) is 0 Å². The predicted molar refractivity (Wildman–Crippen MR) is 87.2 cm³/mol. The number of benzene rings is 2. The molecule has 0 radical (unpaired) electrons. The van der Waals surface area contributed by atoms with Crippen molar-refractivity contribution in [1.82, 2.24) is 0 Å². The Balaban J connectivity index is 1.80. The molecular weight excluding hydrogens is 486 g/mol. The van der Waals surface area contributed by atoms with Crippen LogP contribution < -0.4 is 0 Å². The van der Waals surface area contributed by atoms with Crippen LogP contribution >= 0.6 is 31.9 Å². The molecule has 0 saturated carbocycles. The molecule has 0 aliphatic heterocycles. The van der Waals surface area contributed by atoms with Crippen molar-refractivity contribution in [2.24, 2.45) is 0 Å². The molecule has 0 bridgehead atoms. The molecule has 0 aromatic heterocycles. The number of halogens is 2. The number of rotatable bonds is 5. The van der Waals surface area contributed by atoms with Crippen molar-refractivity contribution in [3.8, 4) is 0 Å². The second-order valence-electron chi connectivity index (χ2n) is 3.71. The molecule has 0 amide bonds. The third-order valence-corrected chi connectivity index (χ3v) is 10.5. The second kappa shape index (κ2) is 7.89. The number of hydrogen-bond donors (Lipinski definition) is 0. The first-order valence-electron chi connectivity index (χ1n) is 5.48.